The second kappa shape index (κ2) is 5.03. The van der Waals surface area contributed by atoms with Crippen molar-refractivity contribution in [3.63, 3.8) is 0 Å². The molecule has 0 bridgehead atoms. The highest BCUT2D eigenvalue weighted by Gasteiger charge is 2.24. The monoisotopic (exact) mass is 292 g/mol. The molecule has 3 heterocycles. The second-order valence-electron chi connectivity index (χ2n) is 5.71. The zero-order chi connectivity index (χ0) is 15.1. The number of fused-ring (bicyclic) bond motifs is 2. The van der Waals surface area contributed by atoms with E-state index in [1.54, 1.807) is 0 Å². The quantitative estimate of drug-likeness (QED) is 0.786. The molecule has 0 atom stereocenters. The topological polar surface area (TPSA) is 61.9 Å². The van der Waals surface area contributed by atoms with E-state index in [-0.39, 0.29) is 5.56 Å². The fourth-order valence-corrected chi connectivity index (χ4v) is 3.10. The number of pyridine rings is 1. The van der Waals surface area contributed by atoms with Crippen LogP contribution in [0.25, 0.3) is 10.9 Å². The Hall–Kier alpha value is -2.53. The van der Waals surface area contributed by atoms with Crippen molar-refractivity contribution in [3.05, 3.63) is 69.5 Å². The molecule has 1 N–H and O–H groups in total. The molecule has 0 radical (unpaired) electrons. The molecule has 1 aliphatic heterocycles. The number of hydrogen-bond donors (Lipinski definition) is 1. The van der Waals surface area contributed by atoms with Crippen molar-refractivity contribution >= 4 is 10.9 Å². The maximum Gasteiger partial charge on any atom is 0.255 e. The third-order valence-electron chi connectivity index (χ3n) is 4.08. The minimum absolute atomic E-state index is 0.0129. The van der Waals surface area contributed by atoms with E-state index in [0.29, 0.717) is 18.9 Å². The summed E-state index contributed by atoms with van der Waals surface area (Å²) in [6, 6.07) is 10.2. The summed E-state index contributed by atoms with van der Waals surface area (Å²) in [6.45, 7) is 3.94. The second-order valence-corrected chi connectivity index (χ2v) is 5.71. The lowest BCUT2D eigenvalue weighted by Crippen LogP contribution is -2.18. The molecule has 0 saturated heterocycles. The summed E-state index contributed by atoms with van der Waals surface area (Å²) in [5, 5.41) is 1.14. The van der Waals surface area contributed by atoms with E-state index in [1.807, 2.05) is 19.2 Å². The van der Waals surface area contributed by atoms with Crippen LogP contribution in [0.15, 0.2) is 41.3 Å². The van der Waals surface area contributed by atoms with Gasteiger partial charge in [-0.05, 0) is 18.6 Å². The van der Waals surface area contributed by atoms with Crippen LogP contribution in [-0.4, -0.2) is 19.9 Å². The Bertz CT molecular complexity index is 911. The molecule has 5 heteroatoms. The Kier molecular flexibility index (Phi) is 3.01. The van der Waals surface area contributed by atoms with E-state index in [1.165, 1.54) is 5.56 Å². The van der Waals surface area contributed by atoms with Gasteiger partial charge < -0.3 is 4.98 Å². The number of hydrogen-bond acceptors (Lipinski definition) is 4. The average Bonchev–Trinajstić information content (AvgIpc) is 2.90. The summed E-state index contributed by atoms with van der Waals surface area (Å²) in [5.41, 5.74) is 3.88. The highest BCUT2D eigenvalue weighted by molar-refractivity contribution is 5.81. The number of para-hydroxylation sites is 1. The summed E-state index contributed by atoms with van der Waals surface area (Å²) >= 11 is 0. The minimum atomic E-state index is -0.0129. The van der Waals surface area contributed by atoms with Crippen LogP contribution in [0.1, 0.15) is 22.6 Å². The van der Waals surface area contributed by atoms with Gasteiger partial charge in [-0.3, -0.25) is 14.7 Å². The molecule has 0 amide bonds. The Morgan fingerprint density at radius 2 is 2.09 bits per heavy atom. The average molecular weight is 292 g/mol. The molecular weight excluding hydrogens is 276 g/mol. The van der Waals surface area contributed by atoms with Gasteiger partial charge in [-0.25, -0.2) is 4.98 Å². The predicted octanol–water partition coefficient (Wildman–Crippen LogP) is 2.14. The molecular formula is C17H16N4O. The molecule has 0 unspecified atom stereocenters. The van der Waals surface area contributed by atoms with Gasteiger partial charge in [0.25, 0.3) is 5.56 Å². The van der Waals surface area contributed by atoms with Gasteiger partial charge in [-0.15, -0.1) is 0 Å². The van der Waals surface area contributed by atoms with Gasteiger partial charge in [0.05, 0.1) is 16.8 Å². The first-order valence-electron chi connectivity index (χ1n) is 7.34. The molecule has 1 aromatic carbocycles. The van der Waals surface area contributed by atoms with Crippen LogP contribution in [0, 0.1) is 6.92 Å². The molecule has 5 nitrogen and oxygen atoms in total. The Morgan fingerprint density at radius 3 is 3.00 bits per heavy atom. The molecule has 0 spiro atoms. The molecule has 0 fully saturated rings. The van der Waals surface area contributed by atoms with Crippen LogP contribution >= 0.6 is 0 Å². The fourth-order valence-electron chi connectivity index (χ4n) is 3.10. The number of nitrogens with zero attached hydrogens (tertiary/aromatic N) is 3. The number of aromatic amines is 1. The smallest absolute Gasteiger partial charge is 0.255 e. The van der Waals surface area contributed by atoms with E-state index in [2.05, 4.69) is 44.1 Å². The van der Waals surface area contributed by atoms with Gasteiger partial charge in [0.15, 0.2) is 0 Å². The largest absolute Gasteiger partial charge is 0.310 e. The van der Waals surface area contributed by atoms with Crippen molar-refractivity contribution in [2.45, 2.75) is 26.6 Å². The maximum absolute atomic E-state index is 12.0. The predicted molar refractivity (Wildman–Crippen MR) is 84.3 cm³/mol. The number of aromatic nitrogens is 3. The van der Waals surface area contributed by atoms with Crippen LogP contribution in [0.2, 0.25) is 0 Å². The number of aryl methyl sites for hydroxylation is 1. The molecule has 2 aromatic heterocycles. The number of nitrogens with one attached hydrogen (secondary N) is 1. The van der Waals surface area contributed by atoms with Crippen molar-refractivity contribution in [2.75, 3.05) is 0 Å². The summed E-state index contributed by atoms with van der Waals surface area (Å²) in [6.07, 6.45) is 1.82. The number of benzene rings is 1. The maximum atomic E-state index is 12.0. The van der Waals surface area contributed by atoms with E-state index in [9.17, 15) is 4.79 Å². The highest BCUT2D eigenvalue weighted by Crippen LogP contribution is 2.23. The SMILES string of the molecule is Cc1nc2c(c(=O)[nH]1)CN(Cc1cccc3cccnc13)C2. The first-order chi connectivity index (χ1) is 10.7. The van der Waals surface area contributed by atoms with Gasteiger partial charge in [-0.1, -0.05) is 24.3 Å². The van der Waals surface area contributed by atoms with E-state index >= 15 is 0 Å². The van der Waals surface area contributed by atoms with Crippen LogP contribution < -0.4 is 5.56 Å². The molecule has 1 aliphatic rings. The first-order valence-corrected chi connectivity index (χ1v) is 7.34. The Balaban J connectivity index is 1.65. The molecule has 3 aromatic rings. The van der Waals surface area contributed by atoms with Gasteiger partial charge in [-0.2, -0.15) is 0 Å². The lowest BCUT2D eigenvalue weighted by molar-refractivity contribution is 0.274. The third kappa shape index (κ3) is 2.19. The molecule has 0 saturated carbocycles. The zero-order valence-corrected chi connectivity index (χ0v) is 12.3. The van der Waals surface area contributed by atoms with Crippen LogP contribution in [-0.2, 0) is 19.6 Å². The highest BCUT2D eigenvalue weighted by atomic mass is 16.1. The van der Waals surface area contributed by atoms with Crippen molar-refractivity contribution in [1.82, 2.24) is 19.9 Å². The molecule has 4 rings (SSSR count). The summed E-state index contributed by atoms with van der Waals surface area (Å²) in [5.74, 6) is 0.678. The van der Waals surface area contributed by atoms with Crippen LogP contribution in [0.5, 0.6) is 0 Å². The van der Waals surface area contributed by atoms with Gasteiger partial charge >= 0.3 is 0 Å². The van der Waals surface area contributed by atoms with Gasteiger partial charge in [0.1, 0.15) is 5.82 Å². The third-order valence-corrected chi connectivity index (χ3v) is 4.08. The van der Waals surface area contributed by atoms with E-state index < -0.39 is 0 Å². The zero-order valence-electron chi connectivity index (χ0n) is 12.3. The van der Waals surface area contributed by atoms with Gasteiger partial charge in [0.2, 0.25) is 0 Å². The minimum Gasteiger partial charge on any atom is -0.310 e. The Labute approximate surface area is 127 Å². The van der Waals surface area contributed by atoms with Crippen molar-refractivity contribution in [1.29, 1.82) is 0 Å². The van der Waals surface area contributed by atoms with E-state index in [0.717, 1.165) is 28.7 Å². The number of H-pyrrole nitrogens is 1. The standard InChI is InChI=1S/C17H16N4O/c1-11-19-15-10-21(9-14(15)17(22)20-11)8-13-5-2-4-12-6-3-7-18-16(12)13/h2-7H,8-10H2,1H3,(H,19,20,22). The molecule has 110 valence electrons. The van der Waals surface area contributed by atoms with E-state index in [4.69, 9.17) is 0 Å². The lowest BCUT2D eigenvalue weighted by Gasteiger charge is -2.15. The fraction of sp³-hybridized carbons (Fsp3) is 0.235. The molecule has 0 aliphatic carbocycles. The summed E-state index contributed by atoms with van der Waals surface area (Å²) < 4.78 is 0. The number of rotatable bonds is 2. The van der Waals surface area contributed by atoms with Gasteiger partial charge in [0, 0.05) is 31.2 Å². The van der Waals surface area contributed by atoms with Crippen molar-refractivity contribution < 1.29 is 0 Å². The van der Waals surface area contributed by atoms with Crippen LogP contribution in [0.3, 0.4) is 0 Å². The Morgan fingerprint density at radius 1 is 1.23 bits per heavy atom. The molecule has 22 heavy (non-hydrogen) atoms. The first kappa shape index (κ1) is 13.2. The summed E-state index contributed by atoms with van der Waals surface area (Å²) in [4.78, 5) is 26.0. The summed E-state index contributed by atoms with van der Waals surface area (Å²) in [7, 11) is 0. The van der Waals surface area contributed by atoms with Crippen molar-refractivity contribution in [2.24, 2.45) is 0 Å². The van der Waals surface area contributed by atoms with Crippen molar-refractivity contribution in [3.8, 4) is 0 Å². The lowest BCUT2D eigenvalue weighted by atomic mass is 10.1. The van der Waals surface area contributed by atoms with Crippen LogP contribution in [0.4, 0.5) is 0 Å². The normalized spacial score (nSPS) is 14.4.